The van der Waals surface area contributed by atoms with Crippen LogP contribution in [0.5, 0.6) is 0 Å². The van der Waals surface area contributed by atoms with E-state index in [2.05, 4.69) is 0 Å². The fourth-order valence-corrected chi connectivity index (χ4v) is 1.43. The van der Waals surface area contributed by atoms with Crippen molar-refractivity contribution in [3.8, 4) is 0 Å². The van der Waals surface area contributed by atoms with E-state index in [1.807, 2.05) is 0 Å². The summed E-state index contributed by atoms with van der Waals surface area (Å²) in [6.07, 6.45) is -1.76. The van der Waals surface area contributed by atoms with Gasteiger partial charge in [-0.1, -0.05) is 0 Å². The first kappa shape index (κ1) is 11.4. The van der Waals surface area contributed by atoms with Gasteiger partial charge in [-0.05, 0) is 0 Å². The van der Waals surface area contributed by atoms with Gasteiger partial charge in [0.1, 0.15) is 0 Å². The summed E-state index contributed by atoms with van der Waals surface area (Å²) in [5, 5.41) is 20.3. The molecule has 2 atom stereocenters. The molecule has 84 valence electrons. The maximum atomic E-state index is 11.5. The molecule has 1 aliphatic rings. The van der Waals surface area contributed by atoms with Crippen molar-refractivity contribution in [3.63, 3.8) is 0 Å². The number of likely N-dealkylation sites (N-methyl/N-ethyl adjacent to an activating group) is 2. The van der Waals surface area contributed by atoms with Gasteiger partial charge in [0.2, 0.25) is 6.23 Å². The van der Waals surface area contributed by atoms with E-state index in [1.54, 1.807) is 0 Å². The summed E-state index contributed by atoms with van der Waals surface area (Å²) < 4.78 is 0. The fourth-order valence-electron chi connectivity index (χ4n) is 1.43. The molecule has 1 N–H and O–H groups in total. The minimum Gasteiger partial charge on any atom is -0.367 e. The number of imide groups is 1. The third kappa shape index (κ3) is 1.25. The molecule has 8 nitrogen and oxygen atoms in total. The largest absolute Gasteiger partial charge is 0.367 e. The van der Waals surface area contributed by atoms with Gasteiger partial charge >= 0.3 is 17.5 Å². The highest BCUT2D eigenvalue weighted by molar-refractivity contribution is 6.01. The normalized spacial score (nSPS) is 32.1. The summed E-state index contributed by atoms with van der Waals surface area (Å²) in [7, 11) is 2.33. The number of carbonyl (C=O) groups is 2. The van der Waals surface area contributed by atoms with Gasteiger partial charge in [-0.3, -0.25) is 24.7 Å². The molecule has 0 spiro atoms. The fraction of sp³-hybridized carbons (Fsp3) is 0.714. The van der Waals surface area contributed by atoms with Crippen LogP contribution in [0.25, 0.3) is 0 Å². The summed E-state index contributed by atoms with van der Waals surface area (Å²) in [6, 6.07) is -0.771. The number of aliphatic hydroxyl groups excluding tert-OH is 1. The monoisotopic (exact) mass is 217 g/mol. The lowest BCUT2D eigenvalue weighted by atomic mass is 9.96. The Morgan fingerprint density at radius 3 is 2.33 bits per heavy atom. The van der Waals surface area contributed by atoms with Crippen molar-refractivity contribution >= 4 is 11.9 Å². The minimum atomic E-state index is -2.21. The smallest absolute Gasteiger partial charge is 0.340 e. The summed E-state index contributed by atoms with van der Waals surface area (Å²) >= 11 is 0. The zero-order valence-corrected chi connectivity index (χ0v) is 8.50. The van der Waals surface area contributed by atoms with Crippen molar-refractivity contribution in [1.82, 2.24) is 9.80 Å². The lowest BCUT2D eigenvalue weighted by Gasteiger charge is -2.39. The van der Waals surface area contributed by atoms with E-state index < -0.39 is 28.6 Å². The first-order valence-corrected chi connectivity index (χ1v) is 4.12. The van der Waals surface area contributed by atoms with Crippen LogP contribution < -0.4 is 0 Å². The van der Waals surface area contributed by atoms with Gasteiger partial charge in [-0.25, -0.2) is 4.79 Å². The molecule has 1 saturated heterocycles. The molecule has 1 aliphatic heterocycles. The van der Waals surface area contributed by atoms with E-state index in [9.17, 15) is 24.8 Å². The van der Waals surface area contributed by atoms with Crippen LogP contribution in [0.3, 0.4) is 0 Å². The lowest BCUT2D eigenvalue weighted by Crippen LogP contribution is -2.70. The van der Waals surface area contributed by atoms with Crippen LogP contribution in [0, 0.1) is 10.1 Å². The van der Waals surface area contributed by atoms with Gasteiger partial charge in [0.25, 0.3) is 0 Å². The Morgan fingerprint density at radius 2 is 1.93 bits per heavy atom. The first-order valence-electron chi connectivity index (χ1n) is 4.12. The molecule has 0 unspecified atom stereocenters. The van der Waals surface area contributed by atoms with E-state index in [-0.39, 0.29) is 0 Å². The zero-order valence-electron chi connectivity index (χ0n) is 8.50. The van der Waals surface area contributed by atoms with Crippen molar-refractivity contribution in [2.45, 2.75) is 18.7 Å². The molecule has 15 heavy (non-hydrogen) atoms. The lowest BCUT2D eigenvalue weighted by molar-refractivity contribution is -0.568. The molecular formula is C7H11N3O5. The summed E-state index contributed by atoms with van der Waals surface area (Å²) in [4.78, 5) is 34.1. The van der Waals surface area contributed by atoms with E-state index in [1.165, 1.54) is 7.05 Å². The molecule has 3 amide bonds. The van der Waals surface area contributed by atoms with Crippen LogP contribution in [0.15, 0.2) is 0 Å². The Labute approximate surface area is 85.2 Å². The Balaban J connectivity index is 3.24. The van der Waals surface area contributed by atoms with Gasteiger partial charge in [-0.15, -0.1) is 0 Å². The maximum absolute atomic E-state index is 11.5. The zero-order chi connectivity index (χ0) is 12.0. The molecule has 0 saturated carbocycles. The van der Waals surface area contributed by atoms with Crippen molar-refractivity contribution in [2.75, 3.05) is 14.1 Å². The Hall–Kier alpha value is -1.70. The average Bonchev–Trinajstić information content (AvgIpc) is 2.20. The molecule has 1 rings (SSSR count). The number of nitrogens with zero attached hydrogens (tertiary/aromatic N) is 3. The quantitative estimate of drug-likeness (QED) is 0.441. The van der Waals surface area contributed by atoms with E-state index in [0.29, 0.717) is 4.90 Å². The molecule has 0 bridgehead atoms. The van der Waals surface area contributed by atoms with E-state index >= 15 is 0 Å². The van der Waals surface area contributed by atoms with Gasteiger partial charge in [0, 0.05) is 25.9 Å². The Bertz CT molecular complexity index is 344. The van der Waals surface area contributed by atoms with Crippen molar-refractivity contribution in [3.05, 3.63) is 10.1 Å². The molecular weight excluding hydrogens is 206 g/mol. The van der Waals surface area contributed by atoms with Gasteiger partial charge in [0.05, 0.1) is 0 Å². The van der Waals surface area contributed by atoms with Crippen molar-refractivity contribution in [2.24, 2.45) is 0 Å². The average molecular weight is 217 g/mol. The third-order valence-electron chi connectivity index (χ3n) is 2.58. The number of rotatable bonds is 1. The Kier molecular flexibility index (Phi) is 2.40. The molecule has 0 aliphatic carbocycles. The highest BCUT2D eigenvalue weighted by atomic mass is 16.6. The van der Waals surface area contributed by atoms with Crippen LogP contribution in [-0.2, 0) is 4.79 Å². The predicted molar refractivity (Wildman–Crippen MR) is 47.3 cm³/mol. The number of hydrogen-bond donors (Lipinski definition) is 1. The molecule has 1 heterocycles. The second-order valence-electron chi connectivity index (χ2n) is 3.54. The summed E-state index contributed by atoms with van der Waals surface area (Å²) in [5.74, 6) is -1.02. The van der Waals surface area contributed by atoms with E-state index in [0.717, 1.165) is 18.9 Å². The van der Waals surface area contributed by atoms with Crippen LogP contribution in [0.2, 0.25) is 0 Å². The number of amides is 3. The number of hydrogen-bond acceptors (Lipinski definition) is 5. The molecule has 0 aromatic heterocycles. The second-order valence-corrected chi connectivity index (χ2v) is 3.54. The molecule has 0 aromatic rings. The van der Waals surface area contributed by atoms with Gasteiger partial charge in [-0.2, -0.15) is 0 Å². The standard InChI is InChI=1S/C7H11N3O5/c1-7(10(14)15)4(11)8(2)6(13)9(3)5(7)12/h4,11H,1-3H3/t4-,7+/m1/s1. The topological polar surface area (TPSA) is 104 Å². The van der Waals surface area contributed by atoms with E-state index in [4.69, 9.17) is 0 Å². The predicted octanol–water partition coefficient (Wildman–Crippen LogP) is -1.14. The van der Waals surface area contributed by atoms with Crippen molar-refractivity contribution in [1.29, 1.82) is 0 Å². The number of nitro groups is 1. The molecule has 1 fully saturated rings. The third-order valence-corrected chi connectivity index (χ3v) is 2.58. The molecule has 0 radical (unpaired) electrons. The van der Waals surface area contributed by atoms with Gasteiger partial charge in [0.15, 0.2) is 0 Å². The van der Waals surface area contributed by atoms with Crippen LogP contribution in [-0.4, -0.2) is 57.6 Å². The first-order chi connectivity index (χ1) is 6.74. The van der Waals surface area contributed by atoms with Crippen LogP contribution in [0.1, 0.15) is 6.92 Å². The SMILES string of the molecule is CN1C(=O)N(C)[C@H](O)[C@](C)([N+](=O)[O-])C1=O. The molecule has 0 aromatic carbocycles. The van der Waals surface area contributed by atoms with Crippen LogP contribution >= 0.6 is 0 Å². The van der Waals surface area contributed by atoms with Gasteiger partial charge < -0.3 is 5.11 Å². The highest BCUT2D eigenvalue weighted by Crippen LogP contribution is 2.25. The van der Waals surface area contributed by atoms with Crippen molar-refractivity contribution < 1.29 is 19.6 Å². The number of aliphatic hydroxyl groups is 1. The van der Waals surface area contributed by atoms with Crippen LogP contribution in [0.4, 0.5) is 4.79 Å². The molecule has 8 heteroatoms. The number of carbonyl (C=O) groups excluding carboxylic acids is 2. The maximum Gasteiger partial charge on any atom is 0.340 e. The Morgan fingerprint density at radius 1 is 1.47 bits per heavy atom. The minimum absolute atomic E-state index is 0.621. The highest BCUT2D eigenvalue weighted by Gasteiger charge is 2.61. The summed E-state index contributed by atoms with van der Waals surface area (Å²) in [5.41, 5.74) is -2.21. The summed E-state index contributed by atoms with van der Waals surface area (Å²) in [6.45, 7) is 0.986. The second kappa shape index (κ2) is 3.16. The number of urea groups is 1.